The smallest absolute Gasteiger partial charge is 0.221 e. The molecule has 5 heteroatoms. The molecule has 1 aliphatic carbocycles. The standard InChI is InChI=1S/C16H31N3O2/c20-13-12-18-8-10-19(11-9-18)14-17-16(21)7-6-15-4-2-1-3-5-15/h15,20H,1-14H2,(H,17,21). The maximum absolute atomic E-state index is 11.9. The Hall–Kier alpha value is -0.650. The van der Waals surface area contributed by atoms with E-state index in [4.69, 9.17) is 5.11 Å². The number of hydrogen-bond acceptors (Lipinski definition) is 4. The van der Waals surface area contributed by atoms with E-state index >= 15 is 0 Å². The van der Waals surface area contributed by atoms with Gasteiger partial charge in [0.2, 0.25) is 5.91 Å². The van der Waals surface area contributed by atoms with Crippen molar-refractivity contribution in [1.82, 2.24) is 15.1 Å². The molecule has 0 atom stereocenters. The Morgan fingerprint density at radius 3 is 2.38 bits per heavy atom. The lowest BCUT2D eigenvalue weighted by molar-refractivity contribution is -0.122. The number of hydrogen-bond donors (Lipinski definition) is 2. The lowest BCUT2D eigenvalue weighted by Gasteiger charge is -2.34. The molecule has 1 saturated heterocycles. The van der Waals surface area contributed by atoms with Gasteiger partial charge in [-0.1, -0.05) is 32.1 Å². The largest absolute Gasteiger partial charge is 0.395 e. The molecule has 1 aliphatic heterocycles. The molecule has 0 aromatic carbocycles. The second kappa shape index (κ2) is 9.38. The SMILES string of the molecule is O=C(CCC1CCCCC1)NCN1CCN(CCO)CC1. The number of β-amino-alcohol motifs (C(OH)–C–C–N with tert-alkyl or cyclic N) is 1. The average molecular weight is 297 g/mol. The quantitative estimate of drug-likeness (QED) is 0.737. The number of rotatable bonds is 7. The van der Waals surface area contributed by atoms with E-state index in [1.807, 2.05) is 0 Å². The summed E-state index contributed by atoms with van der Waals surface area (Å²) in [6, 6.07) is 0. The van der Waals surface area contributed by atoms with Crippen LogP contribution in [0.15, 0.2) is 0 Å². The van der Waals surface area contributed by atoms with Crippen LogP contribution in [0.3, 0.4) is 0 Å². The fourth-order valence-electron chi connectivity index (χ4n) is 3.41. The van der Waals surface area contributed by atoms with Crippen molar-refractivity contribution >= 4 is 5.91 Å². The molecule has 21 heavy (non-hydrogen) atoms. The second-order valence-corrected chi connectivity index (χ2v) is 6.48. The van der Waals surface area contributed by atoms with Gasteiger partial charge in [0, 0.05) is 39.1 Å². The molecule has 2 rings (SSSR count). The summed E-state index contributed by atoms with van der Waals surface area (Å²) in [5.41, 5.74) is 0. The topological polar surface area (TPSA) is 55.8 Å². The highest BCUT2D eigenvalue weighted by molar-refractivity contribution is 5.75. The van der Waals surface area contributed by atoms with E-state index in [2.05, 4.69) is 15.1 Å². The van der Waals surface area contributed by atoms with E-state index in [1.54, 1.807) is 0 Å². The first-order valence-corrected chi connectivity index (χ1v) is 8.60. The lowest BCUT2D eigenvalue weighted by atomic mass is 9.86. The van der Waals surface area contributed by atoms with Gasteiger partial charge in [-0.2, -0.15) is 0 Å². The van der Waals surface area contributed by atoms with Crippen LogP contribution >= 0.6 is 0 Å². The Kier molecular flexibility index (Phi) is 7.47. The Balaban J connectivity index is 1.52. The third-order valence-electron chi connectivity index (χ3n) is 4.89. The van der Waals surface area contributed by atoms with Crippen molar-refractivity contribution in [1.29, 1.82) is 0 Å². The zero-order valence-electron chi connectivity index (χ0n) is 13.2. The molecule has 122 valence electrons. The van der Waals surface area contributed by atoms with E-state index in [0.29, 0.717) is 13.1 Å². The van der Waals surface area contributed by atoms with E-state index in [1.165, 1.54) is 32.1 Å². The molecular formula is C16H31N3O2. The molecule has 0 unspecified atom stereocenters. The highest BCUT2D eigenvalue weighted by Crippen LogP contribution is 2.27. The van der Waals surface area contributed by atoms with Gasteiger partial charge in [-0.3, -0.25) is 14.6 Å². The molecule has 0 spiro atoms. The van der Waals surface area contributed by atoms with Crippen LogP contribution in [0.25, 0.3) is 0 Å². The minimum atomic E-state index is 0.207. The molecule has 2 fully saturated rings. The molecule has 0 aromatic rings. The van der Waals surface area contributed by atoms with Crippen molar-refractivity contribution in [3.63, 3.8) is 0 Å². The number of piperazine rings is 1. The summed E-state index contributed by atoms with van der Waals surface area (Å²) in [6.07, 6.45) is 8.48. The van der Waals surface area contributed by atoms with Gasteiger partial charge in [-0.25, -0.2) is 0 Å². The first kappa shape index (κ1) is 16.7. The molecule has 2 aliphatic rings. The predicted molar refractivity (Wildman–Crippen MR) is 83.9 cm³/mol. The van der Waals surface area contributed by atoms with Gasteiger partial charge in [-0.15, -0.1) is 0 Å². The fraction of sp³-hybridized carbons (Fsp3) is 0.938. The Morgan fingerprint density at radius 1 is 1.05 bits per heavy atom. The van der Waals surface area contributed by atoms with Crippen LogP contribution in [0.2, 0.25) is 0 Å². The predicted octanol–water partition coefficient (Wildman–Crippen LogP) is 1.03. The van der Waals surface area contributed by atoms with Crippen LogP contribution in [-0.2, 0) is 4.79 Å². The molecule has 5 nitrogen and oxygen atoms in total. The van der Waals surface area contributed by atoms with Crippen molar-refractivity contribution in [2.75, 3.05) is 46.0 Å². The summed E-state index contributed by atoms with van der Waals surface area (Å²) in [7, 11) is 0. The normalized spacial score (nSPS) is 22.3. The van der Waals surface area contributed by atoms with E-state index in [0.717, 1.165) is 45.1 Å². The molecule has 0 radical (unpaired) electrons. The molecule has 1 heterocycles. The number of carbonyl (C=O) groups is 1. The summed E-state index contributed by atoms with van der Waals surface area (Å²) < 4.78 is 0. The average Bonchev–Trinajstić information content (AvgIpc) is 2.53. The van der Waals surface area contributed by atoms with Crippen molar-refractivity contribution in [3.8, 4) is 0 Å². The molecule has 2 N–H and O–H groups in total. The minimum Gasteiger partial charge on any atom is -0.395 e. The number of aliphatic hydroxyl groups excluding tert-OH is 1. The zero-order valence-corrected chi connectivity index (χ0v) is 13.2. The van der Waals surface area contributed by atoms with Crippen molar-refractivity contribution in [2.24, 2.45) is 5.92 Å². The summed E-state index contributed by atoms with van der Waals surface area (Å²) in [4.78, 5) is 16.5. The fourth-order valence-corrected chi connectivity index (χ4v) is 3.41. The highest BCUT2D eigenvalue weighted by Gasteiger charge is 2.17. The Bertz CT molecular complexity index is 298. The molecule has 0 bridgehead atoms. The van der Waals surface area contributed by atoms with Crippen LogP contribution in [0.5, 0.6) is 0 Å². The van der Waals surface area contributed by atoms with Gasteiger partial charge in [0.05, 0.1) is 13.3 Å². The number of amides is 1. The number of aliphatic hydroxyl groups is 1. The Morgan fingerprint density at radius 2 is 1.71 bits per heavy atom. The van der Waals surface area contributed by atoms with Gasteiger partial charge in [0.1, 0.15) is 0 Å². The van der Waals surface area contributed by atoms with Crippen molar-refractivity contribution in [3.05, 3.63) is 0 Å². The minimum absolute atomic E-state index is 0.207. The summed E-state index contributed by atoms with van der Waals surface area (Å²) in [5.74, 6) is 0.991. The molecule has 1 saturated carbocycles. The molecule has 0 aromatic heterocycles. The first-order chi connectivity index (χ1) is 10.3. The van der Waals surface area contributed by atoms with Gasteiger partial charge in [0.25, 0.3) is 0 Å². The third-order valence-corrected chi connectivity index (χ3v) is 4.89. The summed E-state index contributed by atoms with van der Waals surface area (Å²) in [5, 5.41) is 12.0. The zero-order chi connectivity index (χ0) is 14.9. The maximum Gasteiger partial charge on any atom is 0.221 e. The van der Waals surface area contributed by atoms with Crippen LogP contribution in [-0.4, -0.2) is 66.8 Å². The van der Waals surface area contributed by atoms with Crippen molar-refractivity contribution in [2.45, 2.75) is 44.9 Å². The van der Waals surface area contributed by atoms with Gasteiger partial charge >= 0.3 is 0 Å². The number of nitrogens with zero attached hydrogens (tertiary/aromatic N) is 2. The van der Waals surface area contributed by atoms with Crippen molar-refractivity contribution < 1.29 is 9.90 Å². The summed E-state index contributed by atoms with van der Waals surface area (Å²) >= 11 is 0. The van der Waals surface area contributed by atoms with Gasteiger partial charge in [0.15, 0.2) is 0 Å². The molecular weight excluding hydrogens is 266 g/mol. The van der Waals surface area contributed by atoms with Gasteiger partial charge < -0.3 is 10.4 Å². The third kappa shape index (κ3) is 6.32. The number of carbonyl (C=O) groups excluding carboxylic acids is 1. The first-order valence-electron chi connectivity index (χ1n) is 8.60. The second-order valence-electron chi connectivity index (χ2n) is 6.48. The van der Waals surface area contributed by atoms with E-state index in [9.17, 15) is 4.79 Å². The maximum atomic E-state index is 11.9. The Labute approximate surface area is 128 Å². The molecule has 1 amide bonds. The van der Waals surface area contributed by atoms with Crippen LogP contribution in [0.1, 0.15) is 44.9 Å². The monoisotopic (exact) mass is 297 g/mol. The van der Waals surface area contributed by atoms with E-state index in [-0.39, 0.29) is 12.5 Å². The van der Waals surface area contributed by atoms with Crippen LogP contribution in [0.4, 0.5) is 0 Å². The number of nitrogens with one attached hydrogen (secondary N) is 1. The van der Waals surface area contributed by atoms with Crippen LogP contribution < -0.4 is 5.32 Å². The summed E-state index contributed by atoms with van der Waals surface area (Å²) in [6.45, 7) is 5.60. The van der Waals surface area contributed by atoms with Crippen LogP contribution in [0, 0.1) is 5.92 Å². The highest BCUT2D eigenvalue weighted by atomic mass is 16.3. The van der Waals surface area contributed by atoms with Gasteiger partial charge in [-0.05, 0) is 12.3 Å². The lowest BCUT2D eigenvalue weighted by Crippen LogP contribution is -2.50. The van der Waals surface area contributed by atoms with E-state index < -0.39 is 0 Å².